The van der Waals surface area contributed by atoms with E-state index in [1.165, 1.54) is 16.9 Å². The number of quaternary nitrogens is 1. The molecule has 1 atom stereocenters. The fraction of sp³-hybridized carbons (Fsp3) is 0.364. The summed E-state index contributed by atoms with van der Waals surface area (Å²) in [6, 6.07) is 9.53. The molecule has 0 radical (unpaired) electrons. The predicted octanol–water partition coefficient (Wildman–Crippen LogP) is 1.55. The maximum Gasteiger partial charge on any atom is 0.295 e. The number of aliphatic hydroxyl groups is 1. The van der Waals surface area contributed by atoms with E-state index in [2.05, 4.69) is 0 Å². The van der Waals surface area contributed by atoms with Crippen LogP contribution in [0.5, 0.6) is 5.75 Å². The van der Waals surface area contributed by atoms with Crippen LogP contribution in [0.25, 0.3) is 5.76 Å². The molecule has 7 nitrogen and oxygen atoms in total. The molecule has 1 saturated heterocycles. The van der Waals surface area contributed by atoms with Crippen molar-refractivity contribution in [3.63, 3.8) is 0 Å². The van der Waals surface area contributed by atoms with Crippen molar-refractivity contribution in [1.29, 1.82) is 0 Å². The Hall–Kier alpha value is -3.06. The van der Waals surface area contributed by atoms with Crippen LogP contribution in [-0.4, -0.2) is 56.0 Å². The average molecular weight is 399 g/mol. The average Bonchev–Trinajstić information content (AvgIpc) is 3.23. The van der Waals surface area contributed by atoms with E-state index >= 15 is 0 Å². The molecule has 1 aromatic carbocycles. The van der Waals surface area contributed by atoms with E-state index in [9.17, 15) is 14.7 Å². The number of ether oxygens (including phenoxy) is 1. The molecular formula is C22H27N2O5+. The minimum Gasteiger partial charge on any atom is -0.507 e. The van der Waals surface area contributed by atoms with Gasteiger partial charge < -0.3 is 24.1 Å². The molecule has 1 aliphatic heterocycles. The predicted molar refractivity (Wildman–Crippen MR) is 108 cm³/mol. The van der Waals surface area contributed by atoms with E-state index in [4.69, 9.17) is 9.15 Å². The van der Waals surface area contributed by atoms with Crippen LogP contribution < -0.4 is 9.64 Å². The SMILES string of the molecule is COc1cccc(C(O)=C2C(=O)C(=O)N(CCC[NH+](C)C)C2c2ccc(C)o2)c1. The molecular weight excluding hydrogens is 372 g/mol. The van der Waals surface area contributed by atoms with Gasteiger partial charge in [0.1, 0.15) is 29.1 Å². The molecule has 154 valence electrons. The summed E-state index contributed by atoms with van der Waals surface area (Å²) < 4.78 is 11.0. The van der Waals surface area contributed by atoms with Crippen molar-refractivity contribution < 1.29 is 28.7 Å². The van der Waals surface area contributed by atoms with Crippen molar-refractivity contribution in [1.82, 2.24) is 4.90 Å². The van der Waals surface area contributed by atoms with Crippen LogP contribution in [-0.2, 0) is 9.59 Å². The van der Waals surface area contributed by atoms with Gasteiger partial charge in [0.2, 0.25) is 0 Å². The lowest BCUT2D eigenvalue weighted by Gasteiger charge is -2.23. The van der Waals surface area contributed by atoms with Crippen LogP contribution in [0, 0.1) is 6.92 Å². The number of benzene rings is 1. The second kappa shape index (κ2) is 8.53. The number of amides is 1. The molecule has 1 aromatic heterocycles. The topological polar surface area (TPSA) is 84.4 Å². The van der Waals surface area contributed by atoms with E-state index in [1.54, 1.807) is 43.3 Å². The number of aliphatic hydroxyl groups excluding tert-OH is 1. The van der Waals surface area contributed by atoms with Crippen LogP contribution >= 0.6 is 0 Å². The van der Waals surface area contributed by atoms with E-state index < -0.39 is 17.7 Å². The number of methoxy groups -OCH3 is 1. The summed E-state index contributed by atoms with van der Waals surface area (Å²) in [6.45, 7) is 3.05. The highest BCUT2D eigenvalue weighted by Crippen LogP contribution is 2.40. The van der Waals surface area contributed by atoms with E-state index in [0.29, 0.717) is 29.4 Å². The lowest BCUT2D eigenvalue weighted by Crippen LogP contribution is -3.05. The number of carbonyl (C=O) groups is 2. The van der Waals surface area contributed by atoms with Crippen molar-refractivity contribution in [3.8, 4) is 5.75 Å². The van der Waals surface area contributed by atoms with E-state index in [0.717, 1.165) is 13.0 Å². The largest absolute Gasteiger partial charge is 0.507 e. The number of hydrogen-bond acceptors (Lipinski definition) is 5. The first-order valence-corrected chi connectivity index (χ1v) is 9.61. The Labute approximate surface area is 170 Å². The van der Waals surface area contributed by atoms with Crippen LogP contribution in [0.1, 0.15) is 29.5 Å². The minimum absolute atomic E-state index is 0.0369. The molecule has 29 heavy (non-hydrogen) atoms. The highest BCUT2D eigenvalue weighted by Gasteiger charge is 2.47. The number of likely N-dealkylation sites (tertiary alicyclic amines) is 1. The lowest BCUT2D eigenvalue weighted by molar-refractivity contribution is -0.858. The summed E-state index contributed by atoms with van der Waals surface area (Å²) in [5.74, 6) is 0.113. The Kier molecular flexibility index (Phi) is 6.08. The minimum atomic E-state index is -0.757. The van der Waals surface area contributed by atoms with Gasteiger partial charge in [-0.25, -0.2) is 0 Å². The van der Waals surface area contributed by atoms with Gasteiger partial charge in [0.05, 0.1) is 33.3 Å². The number of carbonyl (C=O) groups excluding carboxylic acids is 2. The highest BCUT2D eigenvalue weighted by atomic mass is 16.5. The molecule has 7 heteroatoms. The summed E-state index contributed by atoms with van der Waals surface area (Å²) in [5.41, 5.74) is 0.447. The molecule has 0 bridgehead atoms. The van der Waals surface area contributed by atoms with Gasteiger partial charge in [-0.05, 0) is 31.2 Å². The number of hydrogen-bond donors (Lipinski definition) is 2. The Bertz CT molecular complexity index is 944. The van der Waals surface area contributed by atoms with Gasteiger partial charge in [-0.1, -0.05) is 12.1 Å². The third-order valence-electron chi connectivity index (χ3n) is 4.99. The molecule has 1 amide bonds. The Morgan fingerprint density at radius 3 is 2.62 bits per heavy atom. The van der Waals surface area contributed by atoms with Gasteiger partial charge in [0, 0.05) is 18.5 Å². The van der Waals surface area contributed by atoms with Gasteiger partial charge in [-0.3, -0.25) is 9.59 Å². The van der Waals surface area contributed by atoms with Crippen LogP contribution in [0.4, 0.5) is 0 Å². The standard InChI is InChI=1S/C22H26N2O5/c1-14-9-10-17(29-14)19-18(20(25)15-7-5-8-16(13-15)28-4)21(26)22(27)24(19)12-6-11-23(2)3/h5,7-10,13,19,25H,6,11-12H2,1-4H3/p+1. The normalized spacial score (nSPS) is 18.7. The molecule has 1 fully saturated rings. The highest BCUT2D eigenvalue weighted by molar-refractivity contribution is 6.46. The number of aryl methyl sites for hydroxylation is 1. The lowest BCUT2D eigenvalue weighted by atomic mass is 9.99. The quantitative estimate of drug-likeness (QED) is 0.419. The smallest absolute Gasteiger partial charge is 0.295 e. The maximum absolute atomic E-state index is 12.9. The molecule has 0 saturated carbocycles. The van der Waals surface area contributed by atoms with Crippen LogP contribution in [0.3, 0.4) is 0 Å². The molecule has 0 aliphatic carbocycles. The zero-order chi connectivity index (χ0) is 21.1. The first kappa shape index (κ1) is 20.7. The van der Waals surface area contributed by atoms with Gasteiger partial charge >= 0.3 is 0 Å². The van der Waals surface area contributed by atoms with Crippen LogP contribution in [0.15, 0.2) is 46.4 Å². The second-order valence-electron chi connectivity index (χ2n) is 7.48. The molecule has 2 N–H and O–H groups in total. The zero-order valence-electron chi connectivity index (χ0n) is 17.2. The number of ketones is 1. The summed E-state index contributed by atoms with van der Waals surface area (Å²) in [5, 5.41) is 11.0. The second-order valence-corrected chi connectivity index (χ2v) is 7.48. The number of rotatable bonds is 7. The van der Waals surface area contributed by atoms with Crippen molar-refractivity contribution >= 4 is 17.4 Å². The molecule has 2 heterocycles. The summed E-state index contributed by atoms with van der Waals surface area (Å²) in [6.07, 6.45) is 0.727. The van der Waals surface area contributed by atoms with Gasteiger partial charge in [-0.15, -0.1) is 0 Å². The molecule has 2 aromatic rings. The third kappa shape index (κ3) is 4.19. The molecule has 1 aliphatic rings. The van der Waals surface area contributed by atoms with E-state index in [1.807, 2.05) is 14.1 Å². The monoisotopic (exact) mass is 399 g/mol. The van der Waals surface area contributed by atoms with Crippen molar-refractivity contribution in [2.45, 2.75) is 19.4 Å². The van der Waals surface area contributed by atoms with Gasteiger partial charge in [-0.2, -0.15) is 0 Å². The number of nitrogens with one attached hydrogen (secondary N) is 1. The van der Waals surface area contributed by atoms with E-state index in [-0.39, 0.29) is 11.3 Å². The zero-order valence-corrected chi connectivity index (χ0v) is 17.2. The van der Waals surface area contributed by atoms with Crippen molar-refractivity contribution in [2.75, 3.05) is 34.3 Å². The number of nitrogens with zero attached hydrogens (tertiary/aromatic N) is 1. The molecule has 3 rings (SSSR count). The first-order chi connectivity index (χ1) is 13.8. The summed E-state index contributed by atoms with van der Waals surface area (Å²) >= 11 is 0. The first-order valence-electron chi connectivity index (χ1n) is 9.61. The maximum atomic E-state index is 12.9. The number of furan rings is 1. The third-order valence-corrected chi connectivity index (χ3v) is 4.99. The Morgan fingerprint density at radius 1 is 1.24 bits per heavy atom. The van der Waals surface area contributed by atoms with Gasteiger partial charge in [0.25, 0.3) is 11.7 Å². The summed E-state index contributed by atoms with van der Waals surface area (Å²) in [7, 11) is 5.59. The molecule has 1 unspecified atom stereocenters. The van der Waals surface area contributed by atoms with Gasteiger partial charge in [0.15, 0.2) is 0 Å². The Morgan fingerprint density at radius 2 is 2.00 bits per heavy atom. The molecule has 0 spiro atoms. The fourth-order valence-corrected chi connectivity index (χ4v) is 3.54. The number of Topliss-reactive ketones (excluding diaryl/α,β-unsaturated/α-hetero) is 1. The van der Waals surface area contributed by atoms with Crippen molar-refractivity contribution in [2.24, 2.45) is 0 Å². The van der Waals surface area contributed by atoms with Crippen LogP contribution in [0.2, 0.25) is 0 Å². The van der Waals surface area contributed by atoms with Crippen molar-refractivity contribution in [3.05, 3.63) is 59.1 Å². The Balaban J connectivity index is 2.07. The fourth-order valence-electron chi connectivity index (χ4n) is 3.54. The summed E-state index contributed by atoms with van der Waals surface area (Å²) in [4.78, 5) is 28.4.